The van der Waals surface area contributed by atoms with Gasteiger partial charge < -0.3 is 9.64 Å². The Bertz CT molecular complexity index is 226. The molecular weight excluding hydrogens is 182 g/mol. The maximum atomic E-state index is 11.3. The zero-order valence-corrected chi connectivity index (χ0v) is 8.20. The SMILES string of the molecule is O=C1CCCC1CCN1CCOC1=O. The second-order valence-corrected chi connectivity index (χ2v) is 3.95. The number of amides is 1. The van der Waals surface area contributed by atoms with Crippen LogP contribution in [0.25, 0.3) is 0 Å². The zero-order chi connectivity index (χ0) is 9.97. The highest BCUT2D eigenvalue weighted by Gasteiger charge is 2.27. The first kappa shape index (κ1) is 9.49. The minimum atomic E-state index is -0.226. The third kappa shape index (κ3) is 1.89. The molecule has 1 aliphatic heterocycles. The molecular formula is C10H15NO3. The van der Waals surface area contributed by atoms with Gasteiger partial charge in [0, 0.05) is 18.9 Å². The Morgan fingerprint density at radius 2 is 2.29 bits per heavy atom. The number of hydrogen-bond donors (Lipinski definition) is 0. The largest absolute Gasteiger partial charge is 0.448 e. The standard InChI is InChI=1S/C10H15NO3/c12-9-3-1-2-8(9)4-5-11-6-7-14-10(11)13/h8H,1-7H2. The van der Waals surface area contributed by atoms with Crippen LogP contribution in [-0.2, 0) is 9.53 Å². The number of carbonyl (C=O) groups is 2. The number of ether oxygens (including phenoxy) is 1. The lowest BCUT2D eigenvalue weighted by atomic mass is 10.0. The van der Waals surface area contributed by atoms with Crippen LogP contribution in [0, 0.1) is 5.92 Å². The average Bonchev–Trinajstić information content (AvgIpc) is 2.72. The van der Waals surface area contributed by atoms with Crippen molar-refractivity contribution in [3.63, 3.8) is 0 Å². The Balaban J connectivity index is 1.76. The lowest BCUT2D eigenvalue weighted by Crippen LogP contribution is -2.27. The molecule has 2 fully saturated rings. The third-order valence-corrected chi connectivity index (χ3v) is 3.02. The van der Waals surface area contributed by atoms with Crippen molar-refractivity contribution in [2.75, 3.05) is 19.7 Å². The molecule has 0 radical (unpaired) electrons. The molecule has 2 rings (SSSR count). The smallest absolute Gasteiger partial charge is 0.409 e. The molecule has 1 unspecified atom stereocenters. The molecule has 1 aliphatic carbocycles. The molecule has 14 heavy (non-hydrogen) atoms. The first-order chi connectivity index (χ1) is 6.77. The molecule has 0 aromatic rings. The molecule has 1 atom stereocenters. The maximum Gasteiger partial charge on any atom is 0.409 e. The molecule has 0 bridgehead atoms. The summed E-state index contributed by atoms with van der Waals surface area (Å²) in [7, 11) is 0. The highest BCUT2D eigenvalue weighted by atomic mass is 16.6. The molecule has 0 aromatic carbocycles. The van der Waals surface area contributed by atoms with Crippen molar-refractivity contribution < 1.29 is 14.3 Å². The molecule has 0 N–H and O–H groups in total. The van der Waals surface area contributed by atoms with Crippen LogP contribution in [0.5, 0.6) is 0 Å². The maximum absolute atomic E-state index is 11.3. The van der Waals surface area contributed by atoms with E-state index in [4.69, 9.17) is 4.74 Å². The van der Waals surface area contributed by atoms with Crippen molar-refractivity contribution in [1.82, 2.24) is 4.90 Å². The van der Waals surface area contributed by atoms with Crippen LogP contribution in [0.4, 0.5) is 4.79 Å². The van der Waals surface area contributed by atoms with Gasteiger partial charge in [-0.1, -0.05) is 0 Å². The molecule has 1 saturated heterocycles. The van der Waals surface area contributed by atoms with Gasteiger partial charge in [0.1, 0.15) is 12.4 Å². The molecule has 78 valence electrons. The van der Waals surface area contributed by atoms with Crippen molar-refractivity contribution >= 4 is 11.9 Å². The quantitative estimate of drug-likeness (QED) is 0.683. The zero-order valence-electron chi connectivity index (χ0n) is 8.20. The van der Waals surface area contributed by atoms with Crippen molar-refractivity contribution in [2.45, 2.75) is 25.7 Å². The second kappa shape index (κ2) is 3.98. The van der Waals surface area contributed by atoms with Crippen LogP contribution < -0.4 is 0 Å². The number of ketones is 1. The molecule has 1 saturated carbocycles. The topological polar surface area (TPSA) is 46.6 Å². The van der Waals surface area contributed by atoms with Gasteiger partial charge in [-0.25, -0.2) is 4.79 Å². The van der Waals surface area contributed by atoms with Crippen molar-refractivity contribution in [1.29, 1.82) is 0 Å². The van der Waals surface area contributed by atoms with E-state index in [0.29, 0.717) is 25.5 Å². The van der Waals surface area contributed by atoms with Gasteiger partial charge in [0.15, 0.2) is 0 Å². The molecule has 1 amide bonds. The summed E-state index contributed by atoms with van der Waals surface area (Å²) in [5, 5.41) is 0. The predicted molar refractivity (Wildman–Crippen MR) is 49.9 cm³/mol. The summed E-state index contributed by atoms with van der Waals surface area (Å²) < 4.78 is 4.81. The average molecular weight is 197 g/mol. The third-order valence-electron chi connectivity index (χ3n) is 3.02. The summed E-state index contributed by atoms with van der Waals surface area (Å²) in [5.41, 5.74) is 0. The predicted octanol–water partition coefficient (Wildman–Crippen LogP) is 1.20. The van der Waals surface area contributed by atoms with E-state index >= 15 is 0 Å². The first-order valence-corrected chi connectivity index (χ1v) is 5.22. The van der Waals surface area contributed by atoms with E-state index in [1.165, 1.54) is 0 Å². The molecule has 1 heterocycles. The number of hydrogen-bond acceptors (Lipinski definition) is 3. The minimum Gasteiger partial charge on any atom is -0.448 e. The van der Waals surface area contributed by atoms with Crippen molar-refractivity contribution in [2.24, 2.45) is 5.92 Å². The lowest BCUT2D eigenvalue weighted by Gasteiger charge is -2.14. The summed E-state index contributed by atoms with van der Waals surface area (Å²) >= 11 is 0. The van der Waals surface area contributed by atoms with E-state index in [9.17, 15) is 9.59 Å². The lowest BCUT2D eigenvalue weighted by molar-refractivity contribution is -0.120. The van der Waals surface area contributed by atoms with Crippen LogP contribution >= 0.6 is 0 Å². The molecule has 4 nitrogen and oxygen atoms in total. The molecule has 0 spiro atoms. The van der Waals surface area contributed by atoms with E-state index < -0.39 is 0 Å². The van der Waals surface area contributed by atoms with Gasteiger partial charge in [-0.3, -0.25) is 4.79 Å². The molecule has 0 aromatic heterocycles. The normalized spacial score (nSPS) is 27.1. The number of Topliss-reactive ketones (excluding diaryl/α,β-unsaturated/α-hetero) is 1. The summed E-state index contributed by atoms with van der Waals surface area (Å²) in [4.78, 5) is 24.1. The molecule has 4 heteroatoms. The Labute approximate surface area is 83.2 Å². The van der Waals surface area contributed by atoms with Gasteiger partial charge >= 0.3 is 6.09 Å². The van der Waals surface area contributed by atoms with E-state index in [-0.39, 0.29) is 12.0 Å². The first-order valence-electron chi connectivity index (χ1n) is 5.22. The van der Waals surface area contributed by atoms with Gasteiger partial charge in [0.05, 0.1) is 6.54 Å². The highest BCUT2D eigenvalue weighted by Crippen LogP contribution is 2.24. The highest BCUT2D eigenvalue weighted by molar-refractivity contribution is 5.82. The minimum absolute atomic E-state index is 0.198. The van der Waals surface area contributed by atoms with Crippen LogP contribution in [0.15, 0.2) is 0 Å². The Kier molecular flexibility index (Phi) is 2.70. The monoisotopic (exact) mass is 197 g/mol. The second-order valence-electron chi connectivity index (χ2n) is 3.95. The van der Waals surface area contributed by atoms with Crippen molar-refractivity contribution in [3.8, 4) is 0 Å². The number of nitrogens with zero attached hydrogens (tertiary/aromatic N) is 1. The summed E-state index contributed by atoms with van der Waals surface area (Å²) in [5.74, 6) is 0.570. The fraction of sp³-hybridized carbons (Fsp3) is 0.800. The van der Waals surface area contributed by atoms with Crippen LogP contribution in [-0.4, -0.2) is 36.5 Å². The fourth-order valence-electron chi connectivity index (χ4n) is 2.13. The van der Waals surface area contributed by atoms with Gasteiger partial charge in [-0.05, 0) is 19.3 Å². The Morgan fingerprint density at radius 3 is 2.86 bits per heavy atom. The summed E-state index contributed by atoms with van der Waals surface area (Å²) in [6, 6.07) is 0. The summed E-state index contributed by atoms with van der Waals surface area (Å²) in [6.07, 6.45) is 3.34. The van der Waals surface area contributed by atoms with E-state index in [0.717, 1.165) is 25.7 Å². The molecule has 2 aliphatic rings. The van der Waals surface area contributed by atoms with E-state index in [2.05, 4.69) is 0 Å². The fourth-order valence-corrected chi connectivity index (χ4v) is 2.13. The number of cyclic esters (lactones) is 1. The Morgan fingerprint density at radius 1 is 1.43 bits per heavy atom. The van der Waals surface area contributed by atoms with E-state index in [1.54, 1.807) is 4.90 Å². The van der Waals surface area contributed by atoms with Crippen LogP contribution in [0.2, 0.25) is 0 Å². The number of carbonyl (C=O) groups excluding carboxylic acids is 2. The Hall–Kier alpha value is -1.06. The van der Waals surface area contributed by atoms with Gasteiger partial charge in [0.25, 0.3) is 0 Å². The summed E-state index contributed by atoms with van der Waals surface area (Å²) in [6.45, 7) is 1.85. The number of rotatable bonds is 3. The van der Waals surface area contributed by atoms with Crippen molar-refractivity contribution in [3.05, 3.63) is 0 Å². The van der Waals surface area contributed by atoms with Gasteiger partial charge in [0.2, 0.25) is 0 Å². The van der Waals surface area contributed by atoms with Crippen LogP contribution in [0.1, 0.15) is 25.7 Å². The van der Waals surface area contributed by atoms with E-state index in [1.807, 2.05) is 0 Å². The van der Waals surface area contributed by atoms with Gasteiger partial charge in [-0.2, -0.15) is 0 Å². The van der Waals surface area contributed by atoms with Crippen LogP contribution in [0.3, 0.4) is 0 Å². The van der Waals surface area contributed by atoms with Gasteiger partial charge in [-0.15, -0.1) is 0 Å².